The number of nitrogens with zero attached hydrogens (tertiary/aromatic N) is 2. The molecule has 5 nitrogen and oxygen atoms in total. The van der Waals surface area contributed by atoms with Crippen LogP contribution in [0.1, 0.15) is 5.82 Å². The summed E-state index contributed by atoms with van der Waals surface area (Å²) < 4.78 is 53.1. The molecular formula is C11H9F4N5. The highest BCUT2D eigenvalue weighted by Gasteiger charge is 2.19. The standard InChI is InChI=1S/C11H9F4N5/c1-4-17-7(3-8(18-4)20-16)19-11-9(14)5(12)2-6(13)10(11)15/h2-3H,16H2,1H3,(H2,17,18,19,20). The third-order valence-electron chi connectivity index (χ3n) is 2.35. The van der Waals surface area contributed by atoms with E-state index in [1.165, 1.54) is 13.0 Å². The normalized spacial score (nSPS) is 10.5. The van der Waals surface area contributed by atoms with E-state index in [1.807, 2.05) is 0 Å². The SMILES string of the molecule is Cc1nc(NN)cc(Nc2c(F)c(F)cc(F)c2F)n1. The number of halogens is 4. The van der Waals surface area contributed by atoms with E-state index < -0.39 is 29.0 Å². The average molecular weight is 287 g/mol. The Labute approximate surface area is 110 Å². The number of hydrogen-bond donors (Lipinski definition) is 3. The Morgan fingerprint density at radius 1 is 0.950 bits per heavy atom. The minimum Gasteiger partial charge on any atom is -0.335 e. The van der Waals surface area contributed by atoms with Gasteiger partial charge in [0.15, 0.2) is 23.3 Å². The van der Waals surface area contributed by atoms with Crippen LogP contribution in [0, 0.1) is 30.2 Å². The van der Waals surface area contributed by atoms with Crippen molar-refractivity contribution in [2.45, 2.75) is 6.92 Å². The van der Waals surface area contributed by atoms with Crippen LogP contribution >= 0.6 is 0 Å². The maximum Gasteiger partial charge on any atom is 0.185 e. The Bertz CT molecular complexity index is 635. The zero-order valence-corrected chi connectivity index (χ0v) is 10.1. The summed E-state index contributed by atoms with van der Waals surface area (Å²) in [4.78, 5) is 7.67. The lowest BCUT2D eigenvalue weighted by molar-refractivity contribution is 0.459. The van der Waals surface area contributed by atoms with E-state index in [0.717, 1.165) is 0 Å². The maximum absolute atomic E-state index is 13.5. The second-order valence-corrected chi connectivity index (χ2v) is 3.80. The van der Waals surface area contributed by atoms with Crippen LogP contribution in [0.15, 0.2) is 12.1 Å². The van der Waals surface area contributed by atoms with Crippen LogP contribution in [0.2, 0.25) is 0 Å². The highest BCUT2D eigenvalue weighted by Crippen LogP contribution is 2.27. The summed E-state index contributed by atoms with van der Waals surface area (Å²) in [6, 6.07) is 1.34. The highest BCUT2D eigenvalue weighted by atomic mass is 19.2. The molecule has 2 rings (SSSR count). The van der Waals surface area contributed by atoms with Crippen LogP contribution in [0.3, 0.4) is 0 Å². The van der Waals surface area contributed by atoms with Crippen molar-refractivity contribution in [3.8, 4) is 0 Å². The molecule has 1 aromatic carbocycles. The number of hydrazine groups is 1. The first-order valence-electron chi connectivity index (χ1n) is 5.34. The lowest BCUT2D eigenvalue weighted by Gasteiger charge is -2.10. The Hall–Kier alpha value is -2.42. The molecule has 20 heavy (non-hydrogen) atoms. The van der Waals surface area contributed by atoms with E-state index in [9.17, 15) is 17.6 Å². The van der Waals surface area contributed by atoms with Gasteiger partial charge in [-0.2, -0.15) is 0 Å². The molecule has 0 aliphatic heterocycles. The van der Waals surface area contributed by atoms with Crippen molar-refractivity contribution in [3.63, 3.8) is 0 Å². The van der Waals surface area contributed by atoms with Crippen LogP contribution in [0.5, 0.6) is 0 Å². The molecule has 1 aromatic heterocycles. The quantitative estimate of drug-likeness (QED) is 0.350. The molecule has 0 saturated heterocycles. The molecule has 0 bridgehead atoms. The van der Waals surface area contributed by atoms with Crippen molar-refractivity contribution < 1.29 is 17.6 Å². The zero-order valence-electron chi connectivity index (χ0n) is 10.1. The van der Waals surface area contributed by atoms with Crippen molar-refractivity contribution in [2.24, 2.45) is 5.84 Å². The van der Waals surface area contributed by atoms with Gasteiger partial charge in [-0.1, -0.05) is 0 Å². The minimum atomic E-state index is -1.55. The predicted octanol–water partition coefficient (Wildman–Crippen LogP) is 2.37. The van der Waals surface area contributed by atoms with Crippen molar-refractivity contribution in [1.82, 2.24) is 9.97 Å². The van der Waals surface area contributed by atoms with E-state index in [4.69, 9.17) is 5.84 Å². The van der Waals surface area contributed by atoms with E-state index in [-0.39, 0.29) is 23.5 Å². The predicted molar refractivity (Wildman–Crippen MR) is 64.1 cm³/mol. The fourth-order valence-corrected chi connectivity index (χ4v) is 1.52. The molecule has 0 fully saturated rings. The summed E-state index contributed by atoms with van der Waals surface area (Å²) in [6.07, 6.45) is 0. The van der Waals surface area contributed by atoms with Gasteiger partial charge in [-0.25, -0.2) is 33.4 Å². The van der Waals surface area contributed by atoms with Crippen LogP contribution < -0.4 is 16.6 Å². The van der Waals surface area contributed by atoms with Crippen LogP contribution in [-0.4, -0.2) is 9.97 Å². The average Bonchev–Trinajstić information content (AvgIpc) is 2.40. The van der Waals surface area contributed by atoms with Crippen molar-refractivity contribution in [2.75, 3.05) is 10.7 Å². The first-order valence-corrected chi connectivity index (χ1v) is 5.34. The fourth-order valence-electron chi connectivity index (χ4n) is 1.52. The van der Waals surface area contributed by atoms with E-state index in [2.05, 4.69) is 20.7 Å². The third-order valence-corrected chi connectivity index (χ3v) is 2.35. The molecule has 0 atom stereocenters. The number of aromatic nitrogens is 2. The van der Waals surface area contributed by atoms with E-state index >= 15 is 0 Å². The van der Waals surface area contributed by atoms with Gasteiger partial charge in [0.2, 0.25) is 0 Å². The largest absolute Gasteiger partial charge is 0.335 e. The van der Waals surface area contributed by atoms with Gasteiger partial charge >= 0.3 is 0 Å². The minimum absolute atomic E-state index is 0.0757. The summed E-state index contributed by atoms with van der Waals surface area (Å²) in [5.41, 5.74) is 1.24. The summed E-state index contributed by atoms with van der Waals surface area (Å²) >= 11 is 0. The topological polar surface area (TPSA) is 75.9 Å². The lowest BCUT2D eigenvalue weighted by Crippen LogP contribution is -2.11. The summed E-state index contributed by atoms with van der Waals surface area (Å²) in [5.74, 6) is -0.667. The molecule has 1 heterocycles. The van der Waals surface area contributed by atoms with Gasteiger partial charge in [-0.3, -0.25) is 0 Å². The lowest BCUT2D eigenvalue weighted by atomic mass is 10.2. The number of anilines is 3. The number of nitrogens with one attached hydrogen (secondary N) is 2. The second-order valence-electron chi connectivity index (χ2n) is 3.80. The molecule has 9 heteroatoms. The highest BCUT2D eigenvalue weighted by molar-refractivity contribution is 5.60. The molecule has 0 saturated carbocycles. The van der Waals surface area contributed by atoms with Gasteiger partial charge in [0, 0.05) is 12.1 Å². The monoisotopic (exact) mass is 287 g/mol. The van der Waals surface area contributed by atoms with Gasteiger partial charge in [0.1, 0.15) is 23.1 Å². The third kappa shape index (κ3) is 2.62. The summed E-state index contributed by atoms with van der Waals surface area (Å²) in [7, 11) is 0. The maximum atomic E-state index is 13.5. The molecule has 0 unspecified atom stereocenters. The van der Waals surface area contributed by atoms with Crippen molar-refractivity contribution in [3.05, 3.63) is 41.2 Å². The first kappa shape index (κ1) is 14.0. The summed E-state index contributed by atoms with van der Waals surface area (Å²) in [6.45, 7) is 1.50. The molecule has 0 spiro atoms. The van der Waals surface area contributed by atoms with Crippen LogP contribution in [0.25, 0.3) is 0 Å². The number of benzene rings is 1. The molecule has 4 N–H and O–H groups in total. The fraction of sp³-hybridized carbons (Fsp3) is 0.0909. The van der Waals surface area contributed by atoms with Gasteiger partial charge in [-0.05, 0) is 6.92 Å². The second kappa shape index (κ2) is 5.29. The smallest absolute Gasteiger partial charge is 0.185 e. The van der Waals surface area contributed by atoms with Gasteiger partial charge in [0.25, 0.3) is 0 Å². The Morgan fingerprint density at radius 3 is 2.05 bits per heavy atom. The van der Waals surface area contributed by atoms with Crippen LogP contribution in [-0.2, 0) is 0 Å². The molecular weight excluding hydrogens is 278 g/mol. The Balaban J connectivity index is 2.47. The molecule has 106 valence electrons. The Kier molecular flexibility index (Phi) is 3.70. The molecule has 2 aromatic rings. The number of rotatable bonds is 3. The number of aryl methyl sites for hydroxylation is 1. The molecule has 0 aliphatic carbocycles. The van der Waals surface area contributed by atoms with E-state index in [0.29, 0.717) is 0 Å². The Morgan fingerprint density at radius 2 is 1.50 bits per heavy atom. The zero-order chi connectivity index (χ0) is 14.9. The first-order chi connectivity index (χ1) is 9.42. The number of nitrogens with two attached hydrogens (primary N) is 1. The van der Waals surface area contributed by atoms with Gasteiger partial charge < -0.3 is 10.7 Å². The molecule has 0 amide bonds. The molecule has 0 aliphatic rings. The van der Waals surface area contributed by atoms with Gasteiger partial charge in [-0.15, -0.1) is 0 Å². The molecule has 0 radical (unpaired) electrons. The summed E-state index contributed by atoms with van der Waals surface area (Å²) in [5, 5.41) is 2.16. The van der Waals surface area contributed by atoms with Crippen molar-refractivity contribution >= 4 is 17.3 Å². The van der Waals surface area contributed by atoms with Gasteiger partial charge in [0.05, 0.1) is 0 Å². The number of hydrogen-bond acceptors (Lipinski definition) is 5. The van der Waals surface area contributed by atoms with Crippen molar-refractivity contribution in [1.29, 1.82) is 0 Å². The number of nitrogen functional groups attached to an aromatic ring is 1. The van der Waals surface area contributed by atoms with E-state index in [1.54, 1.807) is 0 Å². The van der Waals surface area contributed by atoms with Crippen LogP contribution in [0.4, 0.5) is 34.9 Å².